The van der Waals surface area contributed by atoms with E-state index >= 15 is 0 Å². The molecule has 1 aliphatic rings. The Hall–Kier alpha value is -4.87. The number of methoxy groups -OCH3 is 1. The van der Waals surface area contributed by atoms with Gasteiger partial charge in [-0.1, -0.05) is 6.07 Å². The number of anilines is 3. The first kappa shape index (κ1) is 20.3. The number of rotatable bonds is 8. The second kappa shape index (κ2) is 10.0. The molecular weight excluding hydrogens is 474 g/mol. The Bertz CT molecular complexity index is 1570. The van der Waals surface area contributed by atoms with Crippen molar-refractivity contribution >= 4 is 29.0 Å². The number of ether oxygens (including phenoxy) is 1. The monoisotopic (exact) mass is 502 g/mol. The van der Waals surface area contributed by atoms with Gasteiger partial charge < -0.3 is 20.7 Å². The van der Waals surface area contributed by atoms with E-state index in [1.165, 1.54) is 13.2 Å². The standard InChI is InChI=1S/C25H25N9O3/c1-26-25(36)21-18(11-20(32-33-21)31-24(35)14-7-8-14)30-17-6-4-5-16(22(17)37-3)23-27-12-15(13-28-23)19-9-10-29-34(19)2/h4-6,9-14H,7-8H2,1-3H3,(H,26,36)(H2,30,31,32,35)/i1D3. The first-order valence-electron chi connectivity index (χ1n) is 12.9. The molecule has 188 valence electrons. The molecule has 0 saturated heterocycles. The predicted octanol–water partition coefficient (Wildman–Crippen LogP) is 2.79. The molecule has 0 spiro atoms. The Morgan fingerprint density at radius 2 is 1.95 bits per heavy atom. The van der Waals surface area contributed by atoms with Crippen molar-refractivity contribution in [2.45, 2.75) is 12.8 Å². The minimum atomic E-state index is -2.74. The third-order valence-electron chi connectivity index (χ3n) is 5.82. The molecule has 1 saturated carbocycles. The Morgan fingerprint density at radius 3 is 2.62 bits per heavy atom. The van der Waals surface area contributed by atoms with Crippen LogP contribution < -0.4 is 20.7 Å². The highest BCUT2D eigenvalue weighted by Gasteiger charge is 2.30. The average Bonchev–Trinajstić information content (AvgIpc) is 3.68. The van der Waals surface area contributed by atoms with Crippen molar-refractivity contribution in [2.24, 2.45) is 13.0 Å². The van der Waals surface area contributed by atoms with Gasteiger partial charge in [0, 0.05) is 54.3 Å². The lowest BCUT2D eigenvalue weighted by Crippen LogP contribution is -2.22. The van der Waals surface area contributed by atoms with Crippen molar-refractivity contribution in [1.82, 2.24) is 35.3 Å². The number of aromatic nitrogens is 6. The maximum absolute atomic E-state index is 12.8. The maximum atomic E-state index is 12.8. The first-order valence-corrected chi connectivity index (χ1v) is 11.4. The number of para-hydroxylation sites is 1. The van der Waals surface area contributed by atoms with E-state index in [1.54, 1.807) is 41.5 Å². The molecule has 37 heavy (non-hydrogen) atoms. The van der Waals surface area contributed by atoms with Gasteiger partial charge in [-0.25, -0.2) is 9.97 Å². The largest absolute Gasteiger partial charge is 0.494 e. The number of hydrogen-bond acceptors (Lipinski definition) is 9. The van der Waals surface area contributed by atoms with Gasteiger partial charge >= 0.3 is 0 Å². The molecule has 0 atom stereocenters. The molecule has 0 unspecified atom stereocenters. The zero-order valence-corrected chi connectivity index (χ0v) is 20.0. The van der Waals surface area contributed by atoms with Crippen LogP contribution in [0.3, 0.4) is 0 Å². The van der Waals surface area contributed by atoms with Crippen LogP contribution in [0.15, 0.2) is 48.9 Å². The molecule has 3 aromatic heterocycles. The number of carbonyl (C=O) groups is 2. The Kier molecular flexibility index (Phi) is 5.50. The predicted molar refractivity (Wildman–Crippen MR) is 136 cm³/mol. The van der Waals surface area contributed by atoms with E-state index in [9.17, 15) is 9.59 Å². The van der Waals surface area contributed by atoms with Crippen molar-refractivity contribution in [3.63, 3.8) is 0 Å². The minimum Gasteiger partial charge on any atom is -0.494 e. The number of nitrogens with zero attached hydrogens (tertiary/aromatic N) is 6. The van der Waals surface area contributed by atoms with Crippen molar-refractivity contribution in [3.8, 4) is 28.4 Å². The zero-order chi connectivity index (χ0) is 28.4. The van der Waals surface area contributed by atoms with Crippen LogP contribution in [0.1, 0.15) is 27.4 Å². The molecule has 12 nitrogen and oxygen atoms in total. The van der Waals surface area contributed by atoms with E-state index in [1.807, 2.05) is 18.4 Å². The summed E-state index contributed by atoms with van der Waals surface area (Å²) in [5, 5.41) is 19.6. The molecule has 2 amide bonds. The van der Waals surface area contributed by atoms with Gasteiger partial charge in [0.25, 0.3) is 5.91 Å². The molecule has 1 aliphatic carbocycles. The number of carbonyl (C=O) groups excluding carboxylic acids is 2. The van der Waals surface area contributed by atoms with Crippen molar-refractivity contribution in [1.29, 1.82) is 0 Å². The topological polar surface area (TPSA) is 149 Å². The van der Waals surface area contributed by atoms with Gasteiger partial charge in [0.1, 0.15) is 0 Å². The summed E-state index contributed by atoms with van der Waals surface area (Å²) >= 11 is 0. The number of benzene rings is 1. The summed E-state index contributed by atoms with van der Waals surface area (Å²) < 4.78 is 29.6. The van der Waals surface area contributed by atoms with Crippen LogP contribution in [-0.2, 0) is 11.8 Å². The van der Waals surface area contributed by atoms with E-state index < -0.39 is 12.9 Å². The third-order valence-corrected chi connectivity index (χ3v) is 5.82. The summed E-state index contributed by atoms with van der Waals surface area (Å²) in [5.74, 6) is -0.410. The number of nitrogens with one attached hydrogen (secondary N) is 3. The first-order chi connectivity index (χ1) is 19.1. The Morgan fingerprint density at radius 1 is 1.14 bits per heavy atom. The van der Waals surface area contributed by atoms with E-state index in [2.05, 4.69) is 35.9 Å². The lowest BCUT2D eigenvalue weighted by atomic mass is 10.1. The van der Waals surface area contributed by atoms with E-state index in [0.717, 1.165) is 24.1 Å². The van der Waals surface area contributed by atoms with Crippen LogP contribution in [0.4, 0.5) is 17.2 Å². The average molecular weight is 503 g/mol. The van der Waals surface area contributed by atoms with Crippen LogP contribution in [0, 0.1) is 5.92 Å². The summed E-state index contributed by atoms with van der Waals surface area (Å²) in [5.41, 5.74) is 2.42. The fourth-order valence-electron chi connectivity index (χ4n) is 3.78. The maximum Gasteiger partial charge on any atom is 0.273 e. The van der Waals surface area contributed by atoms with E-state index in [0.29, 0.717) is 22.8 Å². The normalized spacial score (nSPS) is 14.2. The van der Waals surface area contributed by atoms with Crippen LogP contribution in [0.5, 0.6) is 5.75 Å². The van der Waals surface area contributed by atoms with E-state index in [-0.39, 0.29) is 29.0 Å². The SMILES string of the molecule is [2H]C([2H])([2H])NC(=O)c1nnc(NC(=O)C2CC2)cc1Nc1cccc(-c2ncc(-c3ccnn3C)cn2)c1OC. The molecule has 0 bridgehead atoms. The summed E-state index contributed by atoms with van der Waals surface area (Å²) in [6.07, 6.45) is 6.62. The van der Waals surface area contributed by atoms with Crippen LogP contribution in [0.2, 0.25) is 0 Å². The molecule has 0 radical (unpaired) electrons. The summed E-state index contributed by atoms with van der Waals surface area (Å²) in [6, 6.07) is 8.48. The smallest absolute Gasteiger partial charge is 0.273 e. The van der Waals surface area contributed by atoms with Crippen LogP contribution >= 0.6 is 0 Å². The lowest BCUT2D eigenvalue weighted by Gasteiger charge is -2.16. The van der Waals surface area contributed by atoms with Gasteiger partial charge in [-0.15, -0.1) is 10.2 Å². The van der Waals surface area contributed by atoms with Gasteiger partial charge in [0.2, 0.25) is 5.91 Å². The van der Waals surface area contributed by atoms with Crippen molar-refractivity contribution in [2.75, 3.05) is 24.7 Å². The fourth-order valence-corrected chi connectivity index (χ4v) is 3.78. The second-order valence-corrected chi connectivity index (χ2v) is 8.36. The van der Waals surface area contributed by atoms with E-state index in [4.69, 9.17) is 8.85 Å². The molecule has 5 rings (SSSR count). The second-order valence-electron chi connectivity index (χ2n) is 8.36. The number of aryl methyl sites for hydroxylation is 1. The molecule has 3 heterocycles. The highest BCUT2D eigenvalue weighted by atomic mass is 16.5. The highest BCUT2D eigenvalue weighted by Crippen LogP contribution is 2.37. The summed E-state index contributed by atoms with van der Waals surface area (Å²) in [6.45, 7) is -2.74. The summed E-state index contributed by atoms with van der Waals surface area (Å²) in [7, 11) is 3.30. The third kappa shape index (κ3) is 4.94. The molecule has 12 heteroatoms. The zero-order valence-electron chi connectivity index (χ0n) is 23.0. The van der Waals surface area contributed by atoms with Gasteiger partial charge in [0.05, 0.1) is 29.7 Å². The molecular formula is C25H25N9O3. The Labute approximate surface area is 216 Å². The molecule has 1 aromatic carbocycles. The van der Waals surface area contributed by atoms with Gasteiger partial charge in [0.15, 0.2) is 23.1 Å². The number of hydrogen-bond donors (Lipinski definition) is 3. The summed E-state index contributed by atoms with van der Waals surface area (Å²) in [4.78, 5) is 34.0. The van der Waals surface area contributed by atoms with Crippen LogP contribution in [-0.4, -0.2) is 55.8 Å². The lowest BCUT2D eigenvalue weighted by molar-refractivity contribution is -0.117. The van der Waals surface area contributed by atoms with Crippen molar-refractivity contribution in [3.05, 3.63) is 54.6 Å². The van der Waals surface area contributed by atoms with Gasteiger partial charge in [-0.3, -0.25) is 14.3 Å². The van der Waals surface area contributed by atoms with Gasteiger partial charge in [-0.2, -0.15) is 5.10 Å². The Balaban J connectivity index is 1.49. The van der Waals surface area contributed by atoms with Gasteiger partial charge in [-0.05, 0) is 31.0 Å². The van der Waals surface area contributed by atoms with Crippen molar-refractivity contribution < 1.29 is 18.4 Å². The molecule has 4 aromatic rings. The minimum absolute atomic E-state index is 0.0854. The molecule has 3 N–H and O–H groups in total. The highest BCUT2D eigenvalue weighted by molar-refractivity contribution is 6.00. The molecule has 1 fully saturated rings. The fraction of sp³-hybridized carbons (Fsp3) is 0.240. The number of amides is 2. The molecule has 0 aliphatic heterocycles. The van der Waals surface area contributed by atoms with Crippen LogP contribution in [0.25, 0.3) is 22.6 Å². The quantitative estimate of drug-likeness (QED) is 0.331.